The van der Waals surface area contributed by atoms with Crippen molar-refractivity contribution in [3.63, 3.8) is 0 Å². The lowest BCUT2D eigenvalue weighted by Crippen LogP contribution is -2.13. The maximum Gasteiger partial charge on any atom is 0.303 e. The molecule has 2 N–H and O–H groups in total. The number of aliphatic carboxylic acids is 1. The smallest absolute Gasteiger partial charge is 0.303 e. The molecule has 0 heterocycles. The van der Waals surface area contributed by atoms with Crippen molar-refractivity contribution >= 4 is 29.2 Å². The number of hydrogen-bond acceptors (Lipinski definition) is 3. The van der Waals surface area contributed by atoms with Crippen molar-refractivity contribution in [3.8, 4) is 5.75 Å². The van der Waals surface area contributed by atoms with Crippen LogP contribution in [0, 0.1) is 0 Å². The highest BCUT2D eigenvalue weighted by Crippen LogP contribution is 2.28. The molecule has 6 heteroatoms. The van der Waals surface area contributed by atoms with Crippen molar-refractivity contribution < 1.29 is 19.4 Å². The summed E-state index contributed by atoms with van der Waals surface area (Å²) in [5, 5.41) is 11.7. The van der Waals surface area contributed by atoms with Crippen molar-refractivity contribution in [2.24, 2.45) is 0 Å². The van der Waals surface area contributed by atoms with E-state index in [9.17, 15) is 9.59 Å². The van der Waals surface area contributed by atoms with E-state index in [0.717, 1.165) is 6.42 Å². The third-order valence-corrected chi connectivity index (χ3v) is 2.71. The molecule has 0 radical (unpaired) electrons. The molecule has 0 aromatic heterocycles. The van der Waals surface area contributed by atoms with Crippen LogP contribution < -0.4 is 10.1 Å². The van der Waals surface area contributed by atoms with E-state index in [4.69, 9.17) is 21.4 Å². The van der Waals surface area contributed by atoms with Crippen LogP contribution in [0.5, 0.6) is 5.75 Å². The number of anilines is 1. The molecule has 0 unspecified atom stereocenters. The number of carbonyl (C=O) groups is 2. The Balaban J connectivity index is 2.62. The number of nitrogens with one attached hydrogen (secondary N) is 1. The molecular weight excluding hydrogens is 282 g/mol. The summed E-state index contributed by atoms with van der Waals surface area (Å²) in [5.41, 5.74) is 0.506. The fraction of sp³-hybridized carbons (Fsp3) is 0.429. The fourth-order valence-electron chi connectivity index (χ4n) is 1.55. The molecule has 20 heavy (non-hydrogen) atoms. The van der Waals surface area contributed by atoms with Crippen LogP contribution in [0.3, 0.4) is 0 Å². The minimum Gasteiger partial charge on any atom is -0.491 e. The fourth-order valence-corrected chi connectivity index (χ4v) is 1.72. The second-order valence-electron chi connectivity index (χ2n) is 4.28. The summed E-state index contributed by atoms with van der Waals surface area (Å²) in [6, 6.07) is 5.00. The zero-order valence-electron chi connectivity index (χ0n) is 11.3. The van der Waals surface area contributed by atoms with Gasteiger partial charge in [0.05, 0.1) is 12.3 Å². The molecule has 0 saturated carbocycles. The summed E-state index contributed by atoms with van der Waals surface area (Å²) in [4.78, 5) is 22.1. The Bertz CT molecular complexity index is 476. The summed E-state index contributed by atoms with van der Waals surface area (Å²) in [5.74, 6) is -0.606. The Hall–Kier alpha value is -1.75. The highest BCUT2D eigenvalue weighted by Gasteiger charge is 2.09. The Morgan fingerprint density at radius 2 is 2.10 bits per heavy atom. The van der Waals surface area contributed by atoms with Crippen LogP contribution in [0.25, 0.3) is 0 Å². The molecule has 0 fully saturated rings. The van der Waals surface area contributed by atoms with Gasteiger partial charge < -0.3 is 15.2 Å². The average molecular weight is 300 g/mol. The van der Waals surface area contributed by atoms with Gasteiger partial charge in [0.2, 0.25) is 5.91 Å². The monoisotopic (exact) mass is 299 g/mol. The molecule has 110 valence electrons. The molecule has 5 nitrogen and oxygen atoms in total. The number of benzene rings is 1. The number of carboxylic acid groups (broad SMARTS) is 1. The van der Waals surface area contributed by atoms with Crippen LogP contribution in [0.15, 0.2) is 18.2 Å². The predicted molar refractivity (Wildman–Crippen MR) is 77.4 cm³/mol. The van der Waals surface area contributed by atoms with Crippen molar-refractivity contribution in [1.82, 2.24) is 0 Å². The van der Waals surface area contributed by atoms with Crippen molar-refractivity contribution in [2.45, 2.75) is 32.6 Å². The minimum atomic E-state index is -0.910. The molecule has 1 amide bonds. The molecule has 0 bridgehead atoms. The highest BCUT2D eigenvalue weighted by molar-refractivity contribution is 6.31. The Morgan fingerprint density at radius 1 is 1.35 bits per heavy atom. The minimum absolute atomic E-state index is 0.0256. The number of halogens is 1. The van der Waals surface area contributed by atoms with Gasteiger partial charge in [-0.05, 0) is 31.0 Å². The number of rotatable bonds is 8. The number of amides is 1. The van der Waals surface area contributed by atoms with Crippen LogP contribution in [-0.2, 0) is 9.59 Å². The van der Waals surface area contributed by atoms with Gasteiger partial charge in [-0.25, -0.2) is 0 Å². The summed E-state index contributed by atoms with van der Waals surface area (Å²) >= 11 is 5.90. The van der Waals surface area contributed by atoms with Crippen LogP contribution in [0.4, 0.5) is 5.69 Å². The molecule has 0 aliphatic heterocycles. The third-order valence-electron chi connectivity index (χ3n) is 2.47. The van der Waals surface area contributed by atoms with Gasteiger partial charge >= 0.3 is 5.97 Å². The first kappa shape index (κ1) is 16.3. The molecular formula is C14H18ClNO4. The SMILES string of the molecule is CCCOc1ccc(Cl)cc1NC(=O)CCCC(=O)O. The molecule has 1 rings (SSSR count). The summed E-state index contributed by atoms with van der Waals surface area (Å²) in [6.45, 7) is 2.53. The molecule has 0 aliphatic rings. The van der Waals surface area contributed by atoms with Gasteiger partial charge in [0, 0.05) is 17.9 Å². The van der Waals surface area contributed by atoms with Crippen molar-refractivity contribution in [3.05, 3.63) is 23.2 Å². The highest BCUT2D eigenvalue weighted by atomic mass is 35.5. The predicted octanol–water partition coefficient (Wildman–Crippen LogP) is 3.32. The van der Waals surface area contributed by atoms with Gasteiger partial charge in [-0.1, -0.05) is 18.5 Å². The van der Waals surface area contributed by atoms with Gasteiger partial charge in [0.15, 0.2) is 0 Å². The number of ether oxygens (including phenoxy) is 1. The second kappa shape index (κ2) is 8.43. The largest absolute Gasteiger partial charge is 0.491 e. The van der Waals surface area contributed by atoms with Crippen molar-refractivity contribution in [1.29, 1.82) is 0 Å². The lowest BCUT2D eigenvalue weighted by Gasteiger charge is -2.12. The Labute approximate surface area is 122 Å². The molecule has 1 aromatic rings. The average Bonchev–Trinajstić information content (AvgIpc) is 2.37. The van der Waals surface area contributed by atoms with Crippen LogP contribution >= 0.6 is 11.6 Å². The number of carbonyl (C=O) groups excluding carboxylic acids is 1. The van der Waals surface area contributed by atoms with Gasteiger partial charge in [0.1, 0.15) is 5.75 Å². The second-order valence-corrected chi connectivity index (χ2v) is 4.72. The molecule has 0 atom stereocenters. The quantitative estimate of drug-likeness (QED) is 0.772. The zero-order chi connectivity index (χ0) is 15.0. The number of hydrogen-bond donors (Lipinski definition) is 2. The van der Waals surface area contributed by atoms with E-state index in [1.54, 1.807) is 18.2 Å². The van der Waals surface area contributed by atoms with Crippen LogP contribution in [0.1, 0.15) is 32.6 Å². The molecule has 0 saturated heterocycles. The topological polar surface area (TPSA) is 75.6 Å². The first-order chi connectivity index (χ1) is 9.52. The first-order valence-electron chi connectivity index (χ1n) is 6.47. The van der Waals surface area contributed by atoms with Crippen molar-refractivity contribution in [2.75, 3.05) is 11.9 Å². The molecule has 0 spiro atoms. The van der Waals surface area contributed by atoms with E-state index in [0.29, 0.717) is 29.5 Å². The van der Waals surface area contributed by atoms with Gasteiger partial charge in [-0.2, -0.15) is 0 Å². The summed E-state index contributed by atoms with van der Waals surface area (Å²) in [6.07, 6.45) is 1.27. The Kier molecular flexibility index (Phi) is 6.87. The lowest BCUT2D eigenvalue weighted by atomic mass is 10.2. The summed E-state index contributed by atoms with van der Waals surface area (Å²) < 4.78 is 5.52. The molecule has 1 aromatic carbocycles. The van der Waals surface area contributed by atoms with Gasteiger partial charge in [-0.15, -0.1) is 0 Å². The summed E-state index contributed by atoms with van der Waals surface area (Å²) in [7, 11) is 0. The first-order valence-corrected chi connectivity index (χ1v) is 6.84. The lowest BCUT2D eigenvalue weighted by molar-refractivity contribution is -0.137. The molecule has 0 aliphatic carbocycles. The standard InChI is InChI=1S/C14H18ClNO4/c1-2-8-20-12-7-6-10(15)9-11(12)16-13(17)4-3-5-14(18)19/h6-7,9H,2-5,8H2,1H3,(H,16,17)(H,18,19). The van der Waals surface area contributed by atoms with E-state index < -0.39 is 5.97 Å². The van der Waals surface area contributed by atoms with Gasteiger partial charge in [-0.3, -0.25) is 9.59 Å². The Morgan fingerprint density at radius 3 is 2.75 bits per heavy atom. The van der Waals surface area contributed by atoms with E-state index in [2.05, 4.69) is 5.32 Å². The van der Waals surface area contributed by atoms with Crippen LogP contribution in [-0.4, -0.2) is 23.6 Å². The van der Waals surface area contributed by atoms with Gasteiger partial charge in [0.25, 0.3) is 0 Å². The normalized spacial score (nSPS) is 10.1. The third kappa shape index (κ3) is 5.93. The maximum absolute atomic E-state index is 11.7. The van der Waals surface area contributed by atoms with E-state index in [1.165, 1.54) is 0 Å². The van der Waals surface area contributed by atoms with Crippen LogP contribution in [0.2, 0.25) is 5.02 Å². The van der Waals surface area contributed by atoms with E-state index in [1.807, 2.05) is 6.92 Å². The van der Waals surface area contributed by atoms with E-state index >= 15 is 0 Å². The zero-order valence-corrected chi connectivity index (χ0v) is 12.1. The maximum atomic E-state index is 11.7. The van der Waals surface area contributed by atoms with E-state index in [-0.39, 0.29) is 18.7 Å². The number of carboxylic acids is 1.